The summed E-state index contributed by atoms with van der Waals surface area (Å²) in [6.45, 7) is 1.77. The minimum absolute atomic E-state index is 0.122. The number of hydrogen-bond donors (Lipinski definition) is 2. The van der Waals surface area contributed by atoms with E-state index in [1.807, 2.05) is 29.6 Å². The molecular weight excluding hydrogens is 334 g/mol. The van der Waals surface area contributed by atoms with Crippen LogP contribution in [0.25, 0.3) is 11.3 Å². The van der Waals surface area contributed by atoms with E-state index in [1.54, 1.807) is 14.0 Å². The van der Waals surface area contributed by atoms with Crippen LogP contribution in [0.15, 0.2) is 40.5 Å². The zero-order valence-electron chi connectivity index (χ0n) is 12.5. The first-order chi connectivity index (χ1) is 11.0. The van der Waals surface area contributed by atoms with Gasteiger partial charge in [0.2, 0.25) is 11.1 Å². The molecule has 0 radical (unpaired) electrons. The molecule has 0 saturated heterocycles. The third-order valence-electron chi connectivity index (χ3n) is 3.19. The number of aryl methyl sites for hydroxylation is 1. The number of rotatable bonds is 4. The minimum Gasteiger partial charge on any atom is -0.281 e. The van der Waals surface area contributed by atoms with E-state index in [4.69, 9.17) is 11.6 Å². The van der Waals surface area contributed by atoms with E-state index in [-0.39, 0.29) is 5.56 Å². The number of benzene rings is 1. The SMILES string of the molecule is Cc1cc(=O)n(C)c(NNc2nc(-c3ccc(Cl)cc3)cs2)n1. The normalized spacial score (nSPS) is 10.6. The third kappa shape index (κ3) is 3.52. The molecule has 0 saturated carbocycles. The molecular formula is C15H14ClN5OS. The maximum atomic E-state index is 11.7. The highest BCUT2D eigenvalue weighted by molar-refractivity contribution is 7.14. The van der Waals surface area contributed by atoms with Crippen molar-refractivity contribution in [2.24, 2.45) is 7.05 Å². The minimum atomic E-state index is -0.122. The predicted octanol–water partition coefficient (Wildman–Crippen LogP) is 3.30. The highest BCUT2D eigenvalue weighted by atomic mass is 35.5. The maximum Gasteiger partial charge on any atom is 0.254 e. The van der Waals surface area contributed by atoms with Gasteiger partial charge >= 0.3 is 0 Å². The number of hydrogen-bond acceptors (Lipinski definition) is 6. The second-order valence-corrected chi connectivity index (χ2v) is 6.21. The molecule has 0 aliphatic carbocycles. The summed E-state index contributed by atoms with van der Waals surface area (Å²) in [6.07, 6.45) is 0. The van der Waals surface area contributed by atoms with E-state index in [0.29, 0.717) is 21.8 Å². The van der Waals surface area contributed by atoms with Crippen LogP contribution in [0.4, 0.5) is 11.1 Å². The molecule has 0 bridgehead atoms. The zero-order chi connectivity index (χ0) is 16.4. The second kappa shape index (κ2) is 6.39. The summed E-state index contributed by atoms with van der Waals surface area (Å²) in [5.41, 5.74) is 8.24. The van der Waals surface area contributed by atoms with Crippen LogP contribution in [0.1, 0.15) is 5.69 Å². The Morgan fingerprint density at radius 1 is 1.17 bits per heavy atom. The highest BCUT2D eigenvalue weighted by Crippen LogP contribution is 2.25. The molecule has 2 heterocycles. The Morgan fingerprint density at radius 3 is 2.65 bits per heavy atom. The predicted molar refractivity (Wildman–Crippen MR) is 94.0 cm³/mol. The van der Waals surface area contributed by atoms with Crippen LogP contribution in [0.2, 0.25) is 5.02 Å². The van der Waals surface area contributed by atoms with Gasteiger partial charge in [0.25, 0.3) is 5.56 Å². The summed E-state index contributed by atoms with van der Waals surface area (Å²) >= 11 is 7.34. The summed E-state index contributed by atoms with van der Waals surface area (Å²) in [5, 5.41) is 3.30. The molecule has 6 nitrogen and oxygen atoms in total. The van der Waals surface area contributed by atoms with Crippen LogP contribution < -0.4 is 16.4 Å². The first-order valence-corrected chi connectivity index (χ1v) is 8.07. The van der Waals surface area contributed by atoms with E-state index in [0.717, 1.165) is 11.3 Å². The fourth-order valence-electron chi connectivity index (χ4n) is 1.96. The smallest absolute Gasteiger partial charge is 0.254 e. The number of nitrogens with one attached hydrogen (secondary N) is 2. The molecule has 8 heteroatoms. The summed E-state index contributed by atoms with van der Waals surface area (Å²) in [5.74, 6) is 0.429. The van der Waals surface area contributed by atoms with E-state index < -0.39 is 0 Å². The van der Waals surface area contributed by atoms with Crippen LogP contribution in [-0.4, -0.2) is 14.5 Å². The Balaban J connectivity index is 1.75. The van der Waals surface area contributed by atoms with Crippen LogP contribution in [-0.2, 0) is 7.05 Å². The molecule has 0 amide bonds. The largest absolute Gasteiger partial charge is 0.281 e. The Kier molecular flexibility index (Phi) is 4.31. The molecule has 2 aromatic heterocycles. The van der Waals surface area contributed by atoms with Gasteiger partial charge in [0.15, 0.2) is 0 Å². The first-order valence-electron chi connectivity index (χ1n) is 6.81. The lowest BCUT2D eigenvalue weighted by Gasteiger charge is -2.10. The van der Waals surface area contributed by atoms with Gasteiger partial charge in [-0.2, -0.15) is 0 Å². The van der Waals surface area contributed by atoms with Gasteiger partial charge in [-0.05, 0) is 19.1 Å². The molecule has 118 valence electrons. The molecule has 0 aliphatic rings. The molecule has 0 unspecified atom stereocenters. The van der Waals surface area contributed by atoms with E-state index >= 15 is 0 Å². The molecule has 0 spiro atoms. The van der Waals surface area contributed by atoms with E-state index in [2.05, 4.69) is 20.8 Å². The summed E-state index contributed by atoms with van der Waals surface area (Å²) < 4.78 is 1.42. The molecule has 3 aromatic rings. The number of halogens is 1. The highest BCUT2D eigenvalue weighted by Gasteiger charge is 2.06. The van der Waals surface area contributed by atoms with Crippen molar-refractivity contribution in [3.05, 3.63) is 56.8 Å². The average molecular weight is 348 g/mol. The van der Waals surface area contributed by atoms with Crippen molar-refractivity contribution in [3.63, 3.8) is 0 Å². The number of hydrazine groups is 1. The Labute approximate surface area is 141 Å². The molecule has 23 heavy (non-hydrogen) atoms. The van der Waals surface area contributed by atoms with Crippen molar-refractivity contribution in [1.82, 2.24) is 14.5 Å². The van der Waals surface area contributed by atoms with Crippen LogP contribution in [0.3, 0.4) is 0 Å². The summed E-state index contributed by atoms with van der Waals surface area (Å²) in [6, 6.07) is 8.97. The zero-order valence-corrected chi connectivity index (χ0v) is 14.1. The third-order valence-corrected chi connectivity index (χ3v) is 4.20. The van der Waals surface area contributed by atoms with Gasteiger partial charge in [0.05, 0.1) is 5.69 Å². The molecule has 1 aromatic carbocycles. The number of nitrogens with zero attached hydrogens (tertiary/aromatic N) is 3. The molecule has 0 atom stereocenters. The molecule has 0 aliphatic heterocycles. The van der Waals surface area contributed by atoms with E-state index in [1.165, 1.54) is 22.0 Å². The summed E-state index contributed by atoms with van der Waals surface area (Å²) in [4.78, 5) is 20.5. The van der Waals surface area contributed by atoms with Crippen molar-refractivity contribution in [2.45, 2.75) is 6.92 Å². The van der Waals surface area contributed by atoms with Gasteiger partial charge in [-0.3, -0.25) is 20.2 Å². The van der Waals surface area contributed by atoms with Gasteiger partial charge in [0.1, 0.15) is 0 Å². The van der Waals surface area contributed by atoms with Gasteiger partial charge < -0.3 is 0 Å². The van der Waals surface area contributed by atoms with Gasteiger partial charge in [-0.25, -0.2) is 9.97 Å². The van der Waals surface area contributed by atoms with E-state index in [9.17, 15) is 4.79 Å². The lowest BCUT2D eigenvalue weighted by atomic mass is 10.2. The van der Waals surface area contributed by atoms with Crippen molar-refractivity contribution < 1.29 is 0 Å². The standard InChI is InChI=1S/C15H14ClN5OS/c1-9-7-13(22)21(2)14(17-9)19-20-15-18-12(8-23-15)10-3-5-11(16)6-4-10/h3-8H,1-2H3,(H,17,19)(H,18,20). The Morgan fingerprint density at radius 2 is 1.91 bits per heavy atom. The molecule has 0 fully saturated rings. The summed E-state index contributed by atoms with van der Waals surface area (Å²) in [7, 11) is 1.65. The average Bonchev–Trinajstić information content (AvgIpc) is 2.99. The van der Waals surface area contributed by atoms with Crippen molar-refractivity contribution >= 4 is 34.0 Å². The lowest BCUT2D eigenvalue weighted by molar-refractivity contribution is 0.823. The van der Waals surface area contributed by atoms with Crippen LogP contribution in [0.5, 0.6) is 0 Å². The monoisotopic (exact) mass is 347 g/mol. The van der Waals surface area contributed by atoms with Gasteiger partial charge in [-0.15, -0.1) is 11.3 Å². The molecule has 3 rings (SSSR count). The van der Waals surface area contributed by atoms with Crippen molar-refractivity contribution in [1.29, 1.82) is 0 Å². The maximum absolute atomic E-state index is 11.7. The Bertz CT molecular complexity index is 888. The van der Waals surface area contributed by atoms with Gasteiger partial charge in [-0.1, -0.05) is 23.7 Å². The number of aromatic nitrogens is 3. The van der Waals surface area contributed by atoms with Crippen LogP contribution in [0, 0.1) is 6.92 Å². The lowest BCUT2D eigenvalue weighted by Crippen LogP contribution is -2.24. The number of thiazole rings is 1. The number of anilines is 2. The fourth-order valence-corrected chi connectivity index (χ4v) is 2.76. The second-order valence-electron chi connectivity index (χ2n) is 4.91. The molecule has 2 N–H and O–H groups in total. The van der Waals surface area contributed by atoms with Crippen molar-refractivity contribution in [2.75, 3.05) is 10.9 Å². The van der Waals surface area contributed by atoms with Crippen molar-refractivity contribution in [3.8, 4) is 11.3 Å². The Hall–Kier alpha value is -2.38. The topological polar surface area (TPSA) is 71.8 Å². The fraction of sp³-hybridized carbons (Fsp3) is 0.133. The quantitative estimate of drug-likeness (QED) is 0.708. The van der Waals surface area contributed by atoms with Gasteiger partial charge in [0, 0.05) is 34.8 Å². The van der Waals surface area contributed by atoms with Crippen LogP contribution >= 0.6 is 22.9 Å². The first kappa shape index (κ1) is 15.5.